The van der Waals surface area contributed by atoms with Gasteiger partial charge in [-0.15, -0.1) is 0 Å². The van der Waals surface area contributed by atoms with Crippen molar-refractivity contribution in [3.8, 4) is 0 Å². The Bertz CT molecular complexity index is 376. The van der Waals surface area contributed by atoms with Gasteiger partial charge >= 0.3 is 0 Å². The molecule has 0 amide bonds. The Hall–Kier alpha value is -0.680. The summed E-state index contributed by atoms with van der Waals surface area (Å²) < 4.78 is 0. The molecule has 1 nitrogen and oxygen atoms in total. The molecule has 1 aromatic rings. The molecule has 0 N–H and O–H groups in total. The smallest absolute Gasteiger partial charge is 0.247 e. The molecule has 82 valence electrons. The average Bonchev–Trinajstić information content (AvgIpc) is 1.99. The van der Waals surface area contributed by atoms with Crippen LogP contribution in [0.25, 0.3) is 0 Å². The van der Waals surface area contributed by atoms with Crippen LogP contribution >= 0.6 is 7.26 Å². The van der Waals surface area contributed by atoms with Gasteiger partial charge in [-0.05, 0) is 31.9 Å². The Balaban J connectivity index is 3.33. The minimum atomic E-state index is -1.44. The van der Waals surface area contributed by atoms with Crippen molar-refractivity contribution >= 4 is 12.8 Å². The van der Waals surface area contributed by atoms with Gasteiger partial charge in [0.2, 0.25) is 0 Å². The Morgan fingerprint density at radius 1 is 1.00 bits per heavy atom. The monoisotopic (exact) mass is 223 g/mol. The van der Waals surface area contributed by atoms with E-state index in [1.54, 1.807) is 0 Å². The lowest BCUT2D eigenvalue weighted by Gasteiger charge is -2.14. The van der Waals surface area contributed by atoms with Gasteiger partial charge in [0.1, 0.15) is 0 Å². The predicted octanol–water partition coefficient (Wildman–Crippen LogP) is 3.66. The van der Waals surface area contributed by atoms with Crippen LogP contribution in [0.2, 0.25) is 0 Å². The van der Waals surface area contributed by atoms with Crippen LogP contribution in [-0.2, 0) is 0 Å². The molecular formula is C13H20OP+. The Labute approximate surface area is 93.2 Å². The Morgan fingerprint density at radius 3 is 1.73 bits per heavy atom. The third-order valence-electron chi connectivity index (χ3n) is 2.50. The average molecular weight is 223 g/mol. The fraction of sp³-hybridized carbons (Fsp3) is 0.462. The minimum Gasteiger partial charge on any atom is -0.247 e. The van der Waals surface area contributed by atoms with Gasteiger partial charge in [0.25, 0.3) is 5.52 Å². The van der Waals surface area contributed by atoms with Crippen molar-refractivity contribution in [1.29, 1.82) is 0 Å². The van der Waals surface area contributed by atoms with Crippen molar-refractivity contribution in [3.05, 3.63) is 34.4 Å². The van der Waals surface area contributed by atoms with Gasteiger partial charge in [-0.3, -0.25) is 0 Å². The van der Waals surface area contributed by atoms with Crippen LogP contribution in [0, 0.1) is 20.8 Å². The maximum Gasteiger partial charge on any atom is 0.297 e. The van der Waals surface area contributed by atoms with E-state index in [1.165, 1.54) is 5.56 Å². The van der Waals surface area contributed by atoms with Crippen molar-refractivity contribution in [1.82, 2.24) is 0 Å². The molecule has 0 aromatic heterocycles. The standard InChI is InChI=1S/C13H20OP/c1-9-7-10(2)12(11(3)8-9)13(14)15(4,5)6/h7-8H,1-6H3/q+1. The van der Waals surface area contributed by atoms with Crippen molar-refractivity contribution in [2.75, 3.05) is 20.0 Å². The number of carbonyl (C=O) groups excluding carboxylic acids is 1. The molecule has 1 aromatic carbocycles. The van der Waals surface area contributed by atoms with Gasteiger partial charge in [0.05, 0.1) is 32.8 Å². The minimum absolute atomic E-state index is 0.345. The normalized spacial score (nSPS) is 11.6. The summed E-state index contributed by atoms with van der Waals surface area (Å²) in [6.07, 6.45) is 0. The van der Waals surface area contributed by atoms with E-state index < -0.39 is 7.26 Å². The first-order valence-electron chi connectivity index (χ1n) is 5.17. The van der Waals surface area contributed by atoms with Gasteiger partial charge in [-0.25, -0.2) is 4.79 Å². The fourth-order valence-electron chi connectivity index (χ4n) is 1.85. The first-order valence-corrected chi connectivity index (χ1v) is 8.30. The predicted molar refractivity (Wildman–Crippen MR) is 69.7 cm³/mol. The number of benzene rings is 1. The van der Waals surface area contributed by atoms with Gasteiger partial charge in [-0.2, -0.15) is 0 Å². The summed E-state index contributed by atoms with van der Waals surface area (Å²) in [6.45, 7) is 12.4. The lowest BCUT2D eigenvalue weighted by Crippen LogP contribution is -2.08. The van der Waals surface area contributed by atoms with Crippen molar-refractivity contribution in [2.24, 2.45) is 0 Å². The molecule has 0 heterocycles. The zero-order valence-electron chi connectivity index (χ0n) is 10.5. The zero-order chi connectivity index (χ0) is 11.8. The highest BCUT2D eigenvalue weighted by Crippen LogP contribution is 2.50. The number of hydrogen-bond acceptors (Lipinski definition) is 1. The van der Waals surface area contributed by atoms with Crippen molar-refractivity contribution < 1.29 is 4.79 Å². The number of rotatable bonds is 2. The lowest BCUT2D eigenvalue weighted by molar-refractivity contribution is 0.107. The van der Waals surface area contributed by atoms with Gasteiger partial charge in [0, 0.05) is 0 Å². The molecule has 1 rings (SSSR count). The van der Waals surface area contributed by atoms with E-state index in [0.29, 0.717) is 5.52 Å². The molecule has 0 aliphatic carbocycles. The van der Waals surface area contributed by atoms with Crippen LogP contribution < -0.4 is 0 Å². The number of aryl methyl sites for hydroxylation is 3. The molecule has 15 heavy (non-hydrogen) atoms. The summed E-state index contributed by atoms with van der Waals surface area (Å²) >= 11 is 0. The highest BCUT2D eigenvalue weighted by molar-refractivity contribution is 7.89. The molecule has 0 atom stereocenters. The third kappa shape index (κ3) is 2.66. The third-order valence-corrected chi connectivity index (χ3v) is 3.94. The highest BCUT2D eigenvalue weighted by Gasteiger charge is 2.32. The summed E-state index contributed by atoms with van der Waals surface area (Å²) in [5.41, 5.74) is 4.76. The van der Waals surface area contributed by atoms with Gasteiger partial charge in [-0.1, -0.05) is 17.7 Å². The molecule has 0 saturated carbocycles. The molecule has 0 aliphatic rings. The molecule has 0 unspecified atom stereocenters. The van der Waals surface area contributed by atoms with Crippen molar-refractivity contribution in [3.63, 3.8) is 0 Å². The van der Waals surface area contributed by atoms with E-state index >= 15 is 0 Å². The maximum atomic E-state index is 12.3. The number of hydrogen-bond donors (Lipinski definition) is 0. The van der Waals surface area contributed by atoms with E-state index in [4.69, 9.17) is 0 Å². The summed E-state index contributed by atoms with van der Waals surface area (Å²) in [5.74, 6) is 0. The highest BCUT2D eigenvalue weighted by atomic mass is 31.2. The largest absolute Gasteiger partial charge is 0.297 e. The van der Waals surface area contributed by atoms with E-state index in [-0.39, 0.29) is 0 Å². The second-order valence-corrected chi connectivity index (χ2v) is 9.52. The molecule has 0 radical (unpaired) electrons. The Kier molecular flexibility index (Phi) is 3.35. The molecule has 0 saturated heterocycles. The molecular weight excluding hydrogens is 203 g/mol. The summed E-state index contributed by atoms with van der Waals surface area (Å²) in [5, 5.41) is 0. The van der Waals surface area contributed by atoms with Crippen LogP contribution in [0.15, 0.2) is 12.1 Å². The van der Waals surface area contributed by atoms with E-state index in [2.05, 4.69) is 39.1 Å². The molecule has 0 aliphatic heterocycles. The van der Waals surface area contributed by atoms with E-state index in [0.717, 1.165) is 16.7 Å². The Morgan fingerprint density at radius 2 is 1.40 bits per heavy atom. The summed E-state index contributed by atoms with van der Waals surface area (Å²) in [7, 11) is -1.44. The van der Waals surface area contributed by atoms with Crippen LogP contribution in [0.3, 0.4) is 0 Å². The number of carbonyl (C=O) groups is 1. The quantitative estimate of drug-likeness (QED) is 0.699. The lowest BCUT2D eigenvalue weighted by atomic mass is 10.0. The maximum absolute atomic E-state index is 12.3. The van der Waals surface area contributed by atoms with Crippen LogP contribution in [-0.4, -0.2) is 25.5 Å². The second kappa shape index (κ2) is 4.06. The SMILES string of the molecule is Cc1cc(C)c(C(=O)[P+](C)(C)C)c(C)c1. The topological polar surface area (TPSA) is 17.1 Å². The van der Waals surface area contributed by atoms with Gasteiger partial charge < -0.3 is 0 Å². The molecule has 0 fully saturated rings. The van der Waals surface area contributed by atoms with E-state index in [1.807, 2.05) is 13.8 Å². The first-order chi connectivity index (χ1) is 6.73. The van der Waals surface area contributed by atoms with Crippen LogP contribution in [0.1, 0.15) is 27.0 Å². The van der Waals surface area contributed by atoms with E-state index in [9.17, 15) is 4.79 Å². The molecule has 0 spiro atoms. The van der Waals surface area contributed by atoms with Crippen molar-refractivity contribution in [2.45, 2.75) is 20.8 Å². The van der Waals surface area contributed by atoms with Gasteiger partial charge in [0.15, 0.2) is 0 Å². The second-order valence-electron chi connectivity index (χ2n) is 5.09. The summed E-state index contributed by atoms with van der Waals surface area (Å²) in [6, 6.07) is 4.19. The fourth-order valence-corrected chi connectivity index (χ4v) is 2.88. The molecule has 0 bridgehead atoms. The van der Waals surface area contributed by atoms with Crippen LogP contribution in [0.5, 0.6) is 0 Å². The van der Waals surface area contributed by atoms with Crippen LogP contribution in [0.4, 0.5) is 0 Å². The summed E-state index contributed by atoms with van der Waals surface area (Å²) in [4.78, 5) is 12.3. The zero-order valence-corrected chi connectivity index (χ0v) is 11.4. The molecule has 2 heteroatoms. The first kappa shape index (κ1) is 12.4.